The number of methoxy groups -OCH3 is 1. The van der Waals surface area contributed by atoms with Crippen LogP contribution in [0.5, 0.6) is 0 Å². The Kier molecular flexibility index (Phi) is 3.09. The lowest BCUT2D eigenvalue weighted by molar-refractivity contribution is -0.0687. The van der Waals surface area contributed by atoms with Gasteiger partial charge in [-0.1, -0.05) is 0 Å². The number of H-pyrrole nitrogens is 1. The molecule has 0 aliphatic carbocycles. The van der Waals surface area contributed by atoms with Crippen molar-refractivity contribution in [2.24, 2.45) is 0 Å². The van der Waals surface area contributed by atoms with E-state index in [0.717, 1.165) is 10.6 Å². The molecule has 84 valence electrons. The SMILES string of the molecule is COC(n1ccc(=O)[nH]c1=O)C(C)(C)F. The normalized spacial score (nSPS) is 13.9. The maximum absolute atomic E-state index is 13.6. The minimum Gasteiger partial charge on any atom is -0.358 e. The van der Waals surface area contributed by atoms with Crippen molar-refractivity contribution in [3.8, 4) is 0 Å². The summed E-state index contributed by atoms with van der Waals surface area (Å²) in [6, 6.07) is 1.14. The molecular formula is C9H13FN2O3. The van der Waals surface area contributed by atoms with Crippen LogP contribution in [-0.4, -0.2) is 22.3 Å². The highest BCUT2D eigenvalue weighted by atomic mass is 19.1. The van der Waals surface area contributed by atoms with Gasteiger partial charge in [0.15, 0.2) is 6.23 Å². The molecule has 1 atom stereocenters. The molecule has 0 saturated carbocycles. The van der Waals surface area contributed by atoms with E-state index in [1.165, 1.54) is 27.2 Å². The monoisotopic (exact) mass is 216 g/mol. The van der Waals surface area contributed by atoms with Crippen molar-refractivity contribution in [3.63, 3.8) is 0 Å². The first-order valence-electron chi connectivity index (χ1n) is 4.39. The molecule has 0 aliphatic rings. The van der Waals surface area contributed by atoms with Crippen molar-refractivity contribution in [1.82, 2.24) is 9.55 Å². The molecule has 0 saturated heterocycles. The van der Waals surface area contributed by atoms with Crippen molar-refractivity contribution in [1.29, 1.82) is 0 Å². The molecule has 0 amide bonds. The molecular weight excluding hydrogens is 203 g/mol. The zero-order valence-corrected chi connectivity index (χ0v) is 8.78. The molecule has 0 spiro atoms. The molecule has 15 heavy (non-hydrogen) atoms. The average molecular weight is 216 g/mol. The van der Waals surface area contributed by atoms with Crippen LogP contribution >= 0.6 is 0 Å². The first-order valence-corrected chi connectivity index (χ1v) is 4.39. The van der Waals surface area contributed by atoms with Crippen LogP contribution in [0, 0.1) is 0 Å². The van der Waals surface area contributed by atoms with Gasteiger partial charge in [0.2, 0.25) is 0 Å². The third kappa shape index (κ3) is 2.53. The lowest BCUT2D eigenvalue weighted by Gasteiger charge is -2.26. The zero-order chi connectivity index (χ0) is 11.6. The Morgan fingerprint density at radius 2 is 2.13 bits per heavy atom. The van der Waals surface area contributed by atoms with E-state index in [2.05, 4.69) is 0 Å². The minimum absolute atomic E-state index is 0.525. The van der Waals surface area contributed by atoms with Crippen molar-refractivity contribution in [3.05, 3.63) is 33.1 Å². The summed E-state index contributed by atoms with van der Waals surface area (Å²) in [4.78, 5) is 24.2. The van der Waals surface area contributed by atoms with Crippen molar-refractivity contribution in [2.45, 2.75) is 25.7 Å². The highest BCUT2D eigenvalue weighted by molar-refractivity contribution is 4.87. The Morgan fingerprint density at radius 1 is 1.53 bits per heavy atom. The molecule has 0 radical (unpaired) electrons. The fraction of sp³-hybridized carbons (Fsp3) is 0.556. The molecule has 1 unspecified atom stereocenters. The molecule has 1 rings (SSSR count). The number of nitrogens with one attached hydrogen (secondary N) is 1. The molecule has 1 aromatic heterocycles. The Bertz CT molecular complexity index is 444. The fourth-order valence-corrected chi connectivity index (χ4v) is 1.34. The van der Waals surface area contributed by atoms with Gasteiger partial charge >= 0.3 is 5.69 Å². The molecule has 6 heteroatoms. The predicted molar refractivity (Wildman–Crippen MR) is 52.6 cm³/mol. The van der Waals surface area contributed by atoms with Crippen LogP contribution in [0.3, 0.4) is 0 Å². The second-order valence-corrected chi connectivity index (χ2v) is 3.67. The maximum Gasteiger partial charge on any atom is 0.330 e. The second-order valence-electron chi connectivity index (χ2n) is 3.67. The van der Waals surface area contributed by atoms with Gasteiger partial charge in [-0.05, 0) is 13.8 Å². The molecule has 0 fully saturated rings. The third-order valence-corrected chi connectivity index (χ3v) is 1.91. The number of ether oxygens (including phenoxy) is 1. The van der Waals surface area contributed by atoms with Crippen LogP contribution < -0.4 is 11.2 Å². The van der Waals surface area contributed by atoms with Gasteiger partial charge in [0, 0.05) is 19.4 Å². The highest BCUT2D eigenvalue weighted by Gasteiger charge is 2.31. The number of aromatic amines is 1. The summed E-state index contributed by atoms with van der Waals surface area (Å²) in [7, 11) is 1.30. The number of aromatic nitrogens is 2. The topological polar surface area (TPSA) is 64.1 Å². The Hall–Kier alpha value is -1.43. The van der Waals surface area contributed by atoms with Crippen molar-refractivity contribution < 1.29 is 9.13 Å². The fourth-order valence-electron chi connectivity index (χ4n) is 1.34. The summed E-state index contributed by atoms with van der Waals surface area (Å²) >= 11 is 0. The van der Waals surface area contributed by atoms with Crippen LogP contribution in [-0.2, 0) is 4.74 Å². The largest absolute Gasteiger partial charge is 0.358 e. The van der Waals surface area contributed by atoms with E-state index < -0.39 is 23.1 Å². The smallest absolute Gasteiger partial charge is 0.330 e. The summed E-state index contributed by atoms with van der Waals surface area (Å²) in [5.41, 5.74) is -2.94. The van der Waals surface area contributed by atoms with Gasteiger partial charge in [-0.25, -0.2) is 9.18 Å². The maximum atomic E-state index is 13.6. The number of alkyl halides is 1. The third-order valence-electron chi connectivity index (χ3n) is 1.91. The van der Waals surface area contributed by atoms with E-state index in [0.29, 0.717) is 0 Å². The average Bonchev–Trinajstić information content (AvgIpc) is 2.07. The van der Waals surface area contributed by atoms with Gasteiger partial charge in [0.05, 0.1) is 0 Å². The van der Waals surface area contributed by atoms with Gasteiger partial charge in [-0.15, -0.1) is 0 Å². The van der Waals surface area contributed by atoms with E-state index in [1.807, 2.05) is 4.98 Å². The van der Waals surface area contributed by atoms with Gasteiger partial charge in [-0.2, -0.15) is 0 Å². The molecule has 0 bridgehead atoms. The molecule has 1 N–H and O–H groups in total. The molecule has 1 aromatic rings. The summed E-state index contributed by atoms with van der Waals surface area (Å²) < 4.78 is 19.5. The first kappa shape index (κ1) is 11.6. The molecule has 0 aliphatic heterocycles. The Morgan fingerprint density at radius 3 is 2.53 bits per heavy atom. The van der Waals surface area contributed by atoms with E-state index in [1.54, 1.807) is 0 Å². The standard InChI is InChI=1S/C9H13FN2O3/c1-9(2,10)7(15-3)12-5-4-6(13)11-8(12)14/h4-5,7H,1-3H3,(H,11,13,14). The van der Waals surface area contributed by atoms with Crippen LogP contribution in [0.15, 0.2) is 21.9 Å². The highest BCUT2D eigenvalue weighted by Crippen LogP contribution is 2.24. The first-order chi connectivity index (χ1) is 6.86. The van der Waals surface area contributed by atoms with Crippen LogP contribution in [0.4, 0.5) is 4.39 Å². The number of halogens is 1. The summed E-state index contributed by atoms with van der Waals surface area (Å²) in [6.07, 6.45) is 0.137. The molecule has 0 aromatic carbocycles. The Balaban J connectivity index is 3.26. The van der Waals surface area contributed by atoms with Crippen LogP contribution in [0.1, 0.15) is 20.1 Å². The summed E-state index contributed by atoms with van der Waals surface area (Å²) in [5, 5.41) is 0. The van der Waals surface area contributed by atoms with E-state index in [-0.39, 0.29) is 0 Å². The zero-order valence-electron chi connectivity index (χ0n) is 8.78. The van der Waals surface area contributed by atoms with Crippen molar-refractivity contribution >= 4 is 0 Å². The molecule has 1 heterocycles. The van der Waals surface area contributed by atoms with Gasteiger partial charge < -0.3 is 4.74 Å². The summed E-state index contributed by atoms with van der Waals surface area (Å²) in [5.74, 6) is 0. The van der Waals surface area contributed by atoms with E-state index in [9.17, 15) is 14.0 Å². The lowest BCUT2D eigenvalue weighted by Crippen LogP contribution is -2.39. The minimum atomic E-state index is -1.73. The Labute approximate surface area is 85.5 Å². The van der Waals surface area contributed by atoms with Crippen molar-refractivity contribution in [2.75, 3.05) is 7.11 Å². The van der Waals surface area contributed by atoms with Crippen LogP contribution in [0.25, 0.3) is 0 Å². The van der Waals surface area contributed by atoms with E-state index >= 15 is 0 Å². The number of nitrogens with zero attached hydrogens (tertiary/aromatic N) is 1. The second kappa shape index (κ2) is 3.98. The quantitative estimate of drug-likeness (QED) is 0.796. The summed E-state index contributed by atoms with van der Waals surface area (Å²) in [6.45, 7) is 2.58. The predicted octanol–water partition coefficient (Wildman–Crippen LogP) is 0.430. The van der Waals surface area contributed by atoms with Gasteiger partial charge in [0.25, 0.3) is 5.56 Å². The van der Waals surface area contributed by atoms with Crippen LogP contribution in [0.2, 0.25) is 0 Å². The lowest BCUT2D eigenvalue weighted by atomic mass is 10.1. The number of rotatable bonds is 3. The molecule has 5 nitrogen and oxygen atoms in total. The van der Waals surface area contributed by atoms with Gasteiger partial charge in [-0.3, -0.25) is 14.3 Å². The number of hydrogen-bond acceptors (Lipinski definition) is 3. The van der Waals surface area contributed by atoms with E-state index in [4.69, 9.17) is 4.74 Å². The van der Waals surface area contributed by atoms with Gasteiger partial charge in [0.1, 0.15) is 5.67 Å². The number of hydrogen-bond donors (Lipinski definition) is 1.